The zero-order valence-electron chi connectivity index (χ0n) is 7.65. The van der Waals surface area contributed by atoms with Crippen LogP contribution in [0.5, 0.6) is 0 Å². The molecule has 0 N–H and O–H groups in total. The third-order valence-corrected chi connectivity index (χ3v) is 1.67. The van der Waals surface area contributed by atoms with Crippen LogP contribution >= 0.6 is 0 Å². The van der Waals surface area contributed by atoms with Crippen LogP contribution in [0.1, 0.15) is 12.5 Å². The van der Waals surface area contributed by atoms with Crippen molar-refractivity contribution in [2.24, 2.45) is 0 Å². The van der Waals surface area contributed by atoms with E-state index in [1.807, 2.05) is 19.1 Å². The number of rotatable bonds is 2. The van der Waals surface area contributed by atoms with E-state index >= 15 is 0 Å². The van der Waals surface area contributed by atoms with Crippen LogP contribution in [0, 0.1) is 0 Å². The second kappa shape index (κ2) is 4.40. The van der Waals surface area contributed by atoms with Crippen molar-refractivity contribution in [2.45, 2.75) is 6.92 Å². The van der Waals surface area contributed by atoms with E-state index in [0.29, 0.717) is 0 Å². The molecule has 0 aromatic carbocycles. The van der Waals surface area contributed by atoms with Gasteiger partial charge in [0, 0.05) is 18.5 Å². The summed E-state index contributed by atoms with van der Waals surface area (Å²) in [7, 11) is 1.36. The Morgan fingerprint density at radius 2 is 2.08 bits per heavy atom. The molecule has 1 rings (SSSR count). The van der Waals surface area contributed by atoms with Gasteiger partial charge in [-0.25, -0.2) is 4.79 Å². The molecular formula is C10H11NO2. The van der Waals surface area contributed by atoms with E-state index in [4.69, 9.17) is 0 Å². The molecule has 0 saturated heterocycles. The Labute approximate surface area is 77.1 Å². The lowest BCUT2D eigenvalue weighted by Gasteiger charge is -1.99. The number of pyridine rings is 1. The van der Waals surface area contributed by atoms with Gasteiger partial charge in [0.25, 0.3) is 0 Å². The average Bonchev–Trinajstić information content (AvgIpc) is 2.19. The number of aromatic nitrogens is 1. The number of allylic oxidation sites excluding steroid dienone is 1. The molecule has 68 valence electrons. The molecule has 0 bridgehead atoms. The van der Waals surface area contributed by atoms with Gasteiger partial charge in [-0.05, 0) is 30.2 Å². The Morgan fingerprint density at radius 3 is 2.62 bits per heavy atom. The highest BCUT2D eigenvalue weighted by molar-refractivity contribution is 5.90. The van der Waals surface area contributed by atoms with E-state index in [0.717, 1.165) is 11.1 Å². The van der Waals surface area contributed by atoms with Gasteiger partial charge in [0.15, 0.2) is 0 Å². The van der Waals surface area contributed by atoms with Crippen molar-refractivity contribution in [1.82, 2.24) is 4.98 Å². The van der Waals surface area contributed by atoms with Crippen LogP contribution in [-0.2, 0) is 9.53 Å². The maximum Gasteiger partial charge on any atom is 0.330 e. The molecular weight excluding hydrogens is 166 g/mol. The first-order chi connectivity index (χ1) is 6.24. The number of hydrogen-bond acceptors (Lipinski definition) is 3. The van der Waals surface area contributed by atoms with Crippen molar-refractivity contribution >= 4 is 11.5 Å². The largest absolute Gasteiger partial charge is 0.466 e. The standard InChI is InChI=1S/C10H11NO2/c1-8(7-10(12)13-2)9-3-5-11-6-4-9/h3-7H,1-2H3/b8-7-. The highest BCUT2D eigenvalue weighted by Crippen LogP contribution is 2.11. The Balaban J connectivity index is 2.85. The molecule has 0 atom stereocenters. The Kier molecular flexibility index (Phi) is 3.20. The van der Waals surface area contributed by atoms with Crippen LogP contribution in [0.3, 0.4) is 0 Å². The molecule has 1 heterocycles. The van der Waals surface area contributed by atoms with Gasteiger partial charge in [-0.15, -0.1) is 0 Å². The van der Waals surface area contributed by atoms with Crippen LogP contribution in [0.25, 0.3) is 5.57 Å². The Morgan fingerprint density at radius 1 is 1.46 bits per heavy atom. The molecule has 0 aliphatic rings. The summed E-state index contributed by atoms with van der Waals surface area (Å²) in [5.41, 5.74) is 1.84. The summed E-state index contributed by atoms with van der Waals surface area (Å²) < 4.78 is 4.51. The van der Waals surface area contributed by atoms with E-state index in [1.165, 1.54) is 13.2 Å². The second-order valence-corrected chi connectivity index (χ2v) is 2.59. The predicted octanol–water partition coefficient (Wildman–Crippen LogP) is 1.66. The Hall–Kier alpha value is -1.64. The third-order valence-electron chi connectivity index (χ3n) is 1.67. The molecule has 0 saturated carbocycles. The fourth-order valence-electron chi connectivity index (χ4n) is 0.934. The summed E-state index contributed by atoms with van der Waals surface area (Å²) in [4.78, 5) is 14.8. The quantitative estimate of drug-likeness (QED) is 0.509. The molecule has 0 radical (unpaired) electrons. The fraction of sp³-hybridized carbons (Fsp3) is 0.200. The fourth-order valence-corrected chi connectivity index (χ4v) is 0.934. The van der Waals surface area contributed by atoms with Gasteiger partial charge in [0.1, 0.15) is 0 Å². The molecule has 0 amide bonds. The maximum absolute atomic E-state index is 10.9. The molecule has 3 heteroatoms. The SMILES string of the molecule is COC(=O)/C=C(/C)c1ccncc1. The van der Waals surface area contributed by atoms with Gasteiger partial charge >= 0.3 is 5.97 Å². The average molecular weight is 177 g/mol. The monoisotopic (exact) mass is 177 g/mol. The zero-order valence-corrected chi connectivity index (χ0v) is 7.65. The summed E-state index contributed by atoms with van der Waals surface area (Å²) in [5, 5.41) is 0. The zero-order chi connectivity index (χ0) is 9.68. The van der Waals surface area contributed by atoms with Crippen molar-refractivity contribution in [3.8, 4) is 0 Å². The lowest BCUT2D eigenvalue weighted by atomic mass is 10.1. The first-order valence-corrected chi connectivity index (χ1v) is 3.90. The van der Waals surface area contributed by atoms with Crippen LogP contribution in [0.15, 0.2) is 30.6 Å². The molecule has 3 nitrogen and oxygen atoms in total. The molecule has 0 fully saturated rings. The van der Waals surface area contributed by atoms with Crippen LogP contribution in [0.2, 0.25) is 0 Å². The van der Waals surface area contributed by atoms with Crippen molar-refractivity contribution in [1.29, 1.82) is 0 Å². The smallest absolute Gasteiger partial charge is 0.330 e. The number of carbonyl (C=O) groups is 1. The number of carbonyl (C=O) groups excluding carboxylic acids is 1. The van der Waals surface area contributed by atoms with Gasteiger partial charge in [0.2, 0.25) is 0 Å². The van der Waals surface area contributed by atoms with Crippen molar-refractivity contribution < 1.29 is 9.53 Å². The van der Waals surface area contributed by atoms with E-state index in [1.54, 1.807) is 12.4 Å². The normalized spacial score (nSPS) is 11.1. The molecule has 0 spiro atoms. The van der Waals surface area contributed by atoms with Crippen molar-refractivity contribution in [2.75, 3.05) is 7.11 Å². The van der Waals surface area contributed by atoms with Crippen LogP contribution < -0.4 is 0 Å². The van der Waals surface area contributed by atoms with E-state index < -0.39 is 0 Å². The van der Waals surface area contributed by atoms with Gasteiger partial charge in [-0.3, -0.25) is 4.98 Å². The number of ether oxygens (including phenoxy) is 1. The maximum atomic E-state index is 10.9. The molecule has 0 aliphatic carbocycles. The van der Waals surface area contributed by atoms with Crippen molar-refractivity contribution in [3.63, 3.8) is 0 Å². The van der Waals surface area contributed by atoms with E-state index in [2.05, 4.69) is 9.72 Å². The minimum atomic E-state index is -0.339. The summed E-state index contributed by atoms with van der Waals surface area (Å²) in [6.07, 6.45) is 4.82. The van der Waals surface area contributed by atoms with E-state index in [9.17, 15) is 4.79 Å². The highest BCUT2D eigenvalue weighted by atomic mass is 16.5. The van der Waals surface area contributed by atoms with Gasteiger partial charge in [0.05, 0.1) is 7.11 Å². The van der Waals surface area contributed by atoms with Crippen LogP contribution in [-0.4, -0.2) is 18.1 Å². The first kappa shape index (κ1) is 9.45. The molecule has 0 aliphatic heterocycles. The summed E-state index contributed by atoms with van der Waals surface area (Å²) in [6, 6.07) is 3.68. The number of esters is 1. The van der Waals surface area contributed by atoms with Crippen molar-refractivity contribution in [3.05, 3.63) is 36.2 Å². The summed E-state index contributed by atoms with van der Waals surface area (Å²) in [6.45, 7) is 1.85. The number of methoxy groups -OCH3 is 1. The molecule has 1 aromatic rings. The lowest BCUT2D eigenvalue weighted by molar-refractivity contribution is -0.134. The minimum Gasteiger partial charge on any atom is -0.466 e. The minimum absolute atomic E-state index is 0.339. The van der Waals surface area contributed by atoms with Crippen LogP contribution in [0.4, 0.5) is 0 Å². The topological polar surface area (TPSA) is 39.2 Å². The predicted molar refractivity (Wildman–Crippen MR) is 49.9 cm³/mol. The van der Waals surface area contributed by atoms with Gasteiger partial charge in [-0.1, -0.05) is 0 Å². The Bertz CT molecular complexity index is 317. The number of nitrogens with zero attached hydrogens (tertiary/aromatic N) is 1. The van der Waals surface area contributed by atoms with E-state index in [-0.39, 0.29) is 5.97 Å². The summed E-state index contributed by atoms with van der Waals surface area (Å²) >= 11 is 0. The third kappa shape index (κ3) is 2.71. The first-order valence-electron chi connectivity index (χ1n) is 3.90. The lowest BCUT2D eigenvalue weighted by Crippen LogP contribution is -1.95. The highest BCUT2D eigenvalue weighted by Gasteiger charge is 1.98. The molecule has 1 aromatic heterocycles. The molecule has 13 heavy (non-hydrogen) atoms. The second-order valence-electron chi connectivity index (χ2n) is 2.59. The van der Waals surface area contributed by atoms with Gasteiger partial charge < -0.3 is 4.74 Å². The molecule has 0 unspecified atom stereocenters. The summed E-state index contributed by atoms with van der Waals surface area (Å²) in [5.74, 6) is -0.339. The number of hydrogen-bond donors (Lipinski definition) is 0. The van der Waals surface area contributed by atoms with Gasteiger partial charge in [-0.2, -0.15) is 0 Å².